The highest BCUT2D eigenvalue weighted by Gasteiger charge is 2.13. The van der Waals surface area contributed by atoms with Crippen LogP contribution in [0.15, 0.2) is 30.6 Å². The molecule has 0 radical (unpaired) electrons. The normalized spacial score (nSPS) is 10.6. The van der Waals surface area contributed by atoms with Crippen molar-refractivity contribution in [2.45, 2.75) is 13.0 Å². The second kappa shape index (κ2) is 5.57. The third kappa shape index (κ3) is 3.14. The van der Waals surface area contributed by atoms with Crippen LogP contribution in [0.3, 0.4) is 0 Å². The number of nitrogens with zero attached hydrogens (tertiary/aromatic N) is 3. The molecule has 2 N–H and O–H groups in total. The Morgan fingerprint density at radius 2 is 2.21 bits per heavy atom. The lowest BCUT2D eigenvalue weighted by molar-refractivity contribution is -0.387. The molecule has 0 aliphatic rings. The lowest BCUT2D eigenvalue weighted by Crippen LogP contribution is -2.03. The fourth-order valence-corrected chi connectivity index (χ4v) is 1.77. The molecule has 1 aromatic heterocycles. The van der Waals surface area contributed by atoms with Gasteiger partial charge in [0.25, 0.3) is 0 Å². The topological polar surface area (TPSA) is 87.0 Å². The van der Waals surface area contributed by atoms with E-state index in [4.69, 9.17) is 5.73 Å². The van der Waals surface area contributed by atoms with Crippen molar-refractivity contribution < 1.29 is 9.31 Å². The number of hydrogen-bond acceptors (Lipinski definition) is 4. The zero-order chi connectivity index (χ0) is 13.8. The van der Waals surface area contributed by atoms with E-state index >= 15 is 0 Å². The zero-order valence-electron chi connectivity index (χ0n) is 10.1. The van der Waals surface area contributed by atoms with Gasteiger partial charge in [-0.3, -0.25) is 14.8 Å². The van der Waals surface area contributed by atoms with E-state index in [9.17, 15) is 14.5 Å². The number of nitro groups is 1. The van der Waals surface area contributed by atoms with Crippen LogP contribution in [0.4, 0.5) is 10.1 Å². The number of nitrogens with two attached hydrogens (primary N) is 1. The first-order valence-electron chi connectivity index (χ1n) is 5.74. The molecular formula is C12H13FN4O2. The van der Waals surface area contributed by atoms with Crippen LogP contribution in [0.25, 0.3) is 0 Å². The molecule has 0 bridgehead atoms. The molecule has 2 aromatic rings. The number of hydrogen-bond donors (Lipinski definition) is 1. The molecule has 1 heterocycles. The second-order valence-corrected chi connectivity index (χ2v) is 4.13. The van der Waals surface area contributed by atoms with E-state index in [1.54, 1.807) is 10.9 Å². The molecule has 7 heteroatoms. The van der Waals surface area contributed by atoms with E-state index in [0.29, 0.717) is 18.7 Å². The van der Waals surface area contributed by atoms with Gasteiger partial charge in [0.1, 0.15) is 0 Å². The van der Waals surface area contributed by atoms with Gasteiger partial charge >= 0.3 is 5.69 Å². The minimum absolute atomic E-state index is 0.361. The van der Waals surface area contributed by atoms with E-state index in [2.05, 4.69) is 5.10 Å². The quantitative estimate of drug-likeness (QED) is 0.654. The highest BCUT2D eigenvalue weighted by atomic mass is 19.1. The average Bonchev–Trinajstić information content (AvgIpc) is 2.76. The molecule has 19 heavy (non-hydrogen) atoms. The minimum atomic E-state index is -0.836. The molecule has 6 nitrogen and oxygen atoms in total. The van der Waals surface area contributed by atoms with Crippen LogP contribution < -0.4 is 5.73 Å². The molecule has 100 valence electrons. The molecule has 0 amide bonds. The maximum Gasteiger partial charge on any atom is 0.304 e. The van der Waals surface area contributed by atoms with Gasteiger partial charge < -0.3 is 5.73 Å². The summed E-state index contributed by atoms with van der Waals surface area (Å²) >= 11 is 0. The van der Waals surface area contributed by atoms with Crippen molar-refractivity contribution in [1.82, 2.24) is 9.78 Å². The lowest BCUT2D eigenvalue weighted by Gasteiger charge is -2.02. The Bertz CT molecular complexity index is 597. The third-order valence-electron chi connectivity index (χ3n) is 2.67. The Morgan fingerprint density at radius 3 is 2.84 bits per heavy atom. The van der Waals surface area contributed by atoms with Gasteiger partial charge in [-0.05, 0) is 30.2 Å². The zero-order valence-corrected chi connectivity index (χ0v) is 10.1. The molecule has 0 spiro atoms. The van der Waals surface area contributed by atoms with Crippen molar-refractivity contribution in [3.8, 4) is 0 Å². The van der Waals surface area contributed by atoms with Crippen LogP contribution in [-0.4, -0.2) is 21.2 Å². The van der Waals surface area contributed by atoms with Gasteiger partial charge in [-0.25, -0.2) is 0 Å². The average molecular weight is 264 g/mol. The van der Waals surface area contributed by atoms with Crippen molar-refractivity contribution in [1.29, 1.82) is 0 Å². The first kappa shape index (κ1) is 13.2. The van der Waals surface area contributed by atoms with Crippen LogP contribution >= 0.6 is 0 Å². The van der Waals surface area contributed by atoms with Crippen LogP contribution in [0.5, 0.6) is 0 Å². The Kier molecular flexibility index (Phi) is 3.86. The summed E-state index contributed by atoms with van der Waals surface area (Å²) in [6.45, 7) is 0.900. The molecule has 0 fully saturated rings. The monoisotopic (exact) mass is 264 g/mol. The molecule has 0 aliphatic heterocycles. The standard InChI is InChI=1S/C12H13FN4O2/c13-11-5-9(1-2-12(11)17(18)19)7-16-8-10(3-4-14)6-15-16/h1-2,5-6,8H,3-4,7,14H2. The molecule has 0 unspecified atom stereocenters. The summed E-state index contributed by atoms with van der Waals surface area (Å²) in [6, 6.07) is 3.84. The molecule has 0 saturated carbocycles. The van der Waals surface area contributed by atoms with Gasteiger partial charge in [0.2, 0.25) is 5.82 Å². The number of nitro benzene ring substituents is 1. The Balaban J connectivity index is 2.14. The third-order valence-corrected chi connectivity index (χ3v) is 2.67. The maximum atomic E-state index is 13.4. The van der Waals surface area contributed by atoms with E-state index in [-0.39, 0.29) is 0 Å². The largest absolute Gasteiger partial charge is 0.330 e. The summed E-state index contributed by atoms with van der Waals surface area (Å²) in [4.78, 5) is 9.76. The highest BCUT2D eigenvalue weighted by Crippen LogP contribution is 2.18. The first-order valence-corrected chi connectivity index (χ1v) is 5.74. The molecular weight excluding hydrogens is 251 g/mol. The van der Waals surface area contributed by atoms with Gasteiger partial charge in [0.15, 0.2) is 0 Å². The van der Waals surface area contributed by atoms with E-state index in [1.807, 2.05) is 6.20 Å². The lowest BCUT2D eigenvalue weighted by atomic mass is 10.2. The van der Waals surface area contributed by atoms with Gasteiger partial charge in [-0.1, -0.05) is 6.07 Å². The number of rotatable bonds is 5. The Morgan fingerprint density at radius 1 is 1.42 bits per heavy atom. The van der Waals surface area contributed by atoms with Gasteiger partial charge in [-0.2, -0.15) is 9.49 Å². The summed E-state index contributed by atoms with van der Waals surface area (Å²) in [5.41, 5.74) is 6.54. The van der Waals surface area contributed by atoms with Crippen molar-refractivity contribution in [3.05, 3.63) is 57.7 Å². The summed E-state index contributed by atoms with van der Waals surface area (Å²) in [6.07, 6.45) is 4.26. The van der Waals surface area contributed by atoms with Crippen molar-refractivity contribution in [2.24, 2.45) is 5.73 Å². The van der Waals surface area contributed by atoms with Gasteiger partial charge in [0, 0.05) is 12.3 Å². The number of aromatic nitrogens is 2. The van der Waals surface area contributed by atoms with Crippen molar-refractivity contribution >= 4 is 5.69 Å². The van der Waals surface area contributed by atoms with Crippen LogP contribution in [0.2, 0.25) is 0 Å². The number of halogens is 1. The van der Waals surface area contributed by atoms with E-state index in [1.165, 1.54) is 6.07 Å². The Hall–Kier alpha value is -2.28. The fourth-order valence-electron chi connectivity index (χ4n) is 1.77. The first-order chi connectivity index (χ1) is 9.10. The molecule has 2 rings (SSSR count). The summed E-state index contributed by atoms with van der Waals surface area (Å²) in [7, 11) is 0. The van der Waals surface area contributed by atoms with Crippen LogP contribution in [0, 0.1) is 15.9 Å². The van der Waals surface area contributed by atoms with Gasteiger partial charge in [0.05, 0.1) is 17.7 Å². The molecule has 0 atom stereocenters. The minimum Gasteiger partial charge on any atom is -0.330 e. The smallest absolute Gasteiger partial charge is 0.304 e. The van der Waals surface area contributed by atoms with Crippen LogP contribution in [-0.2, 0) is 13.0 Å². The van der Waals surface area contributed by atoms with Crippen molar-refractivity contribution in [3.63, 3.8) is 0 Å². The van der Waals surface area contributed by atoms with Crippen molar-refractivity contribution in [2.75, 3.05) is 6.54 Å². The van der Waals surface area contributed by atoms with E-state index in [0.717, 1.165) is 24.1 Å². The molecule has 0 aliphatic carbocycles. The predicted octanol–water partition coefficient (Wildman–Crippen LogP) is 1.48. The SMILES string of the molecule is NCCc1cnn(Cc2ccc([N+](=O)[O-])c(F)c2)c1. The second-order valence-electron chi connectivity index (χ2n) is 4.13. The molecule has 0 saturated heterocycles. The Labute approximate surface area is 108 Å². The molecule has 1 aromatic carbocycles. The number of benzene rings is 1. The summed E-state index contributed by atoms with van der Waals surface area (Å²) in [5, 5.41) is 14.6. The summed E-state index contributed by atoms with van der Waals surface area (Å²) in [5.74, 6) is -0.836. The maximum absolute atomic E-state index is 13.4. The van der Waals surface area contributed by atoms with E-state index < -0.39 is 16.4 Å². The fraction of sp³-hybridized carbons (Fsp3) is 0.250. The van der Waals surface area contributed by atoms with Crippen LogP contribution in [0.1, 0.15) is 11.1 Å². The highest BCUT2D eigenvalue weighted by molar-refractivity contribution is 5.35. The summed E-state index contributed by atoms with van der Waals surface area (Å²) < 4.78 is 15.1. The van der Waals surface area contributed by atoms with Gasteiger partial charge in [-0.15, -0.1) is 0 Å². The predicted molar refractivity (Wildman–Crippen MR) is 67.1 cm³/mol.